The lowest BCUT2D eigenvalue weighted by Gasteiger charge is -2.05. The first-order valence-corrected chi connectivity index (χ1v) is 5.76. The maximum absolute atomic E-state index is 11.8. The number of nitrogens with one attached hydrogen (secondary N) is 2. The molecule has 9 heteroatoms. The van der Waals surface area contributed by atoms with Crippen LogP contribution in [0.4, 0.5) is 22.0 Å². The number of carbonyl (C=O) groups is 1. The summed E-state index contributed by atoms with van der Waals surface area (Å²) in [6.07, 6.45) is 1.47. The Labute approximate surface area is 118 Å². The van der Waals surface area contributed by atoms with E-state index in [0.29, 0.717) is 5.69 Å². The van der Waals surface area contributed by atoms with Gasteiger partial charge in [0.15, 0.2) is 5.82 Å². The molecule has 21 heavy (non-hydrogen) atoms. The van der Waals surface area contributed by atoms with Gasteiger partial charge in [0.05, 0.1) is 4.92 Å². The first-order chi connectivity index (χ1) is 9.99. The highest BCUT2D eigenvalue weighted by molar-refractivity contribution is 5.99. The van der Waals surface area contributed by atoms with Crippen molar-refractivity contribution in [3.8, 4) is 6.07 Å². The monoisotopic (exact) mass is 286 g/mol. The summed E-state index contributed by atoms with van der Waals surface area (Å²) >= 11 is 0. The molecule has 0 saturated carbocycles. The number of non-ortho nitro benzene ring substituents is 1. The van der Waals surface area contributed by atoms with Crippen LogP contribution in [0.3, 0.4) is 0 Å². The molecule has 0 saturated heterocycles. The Morgan fingerprint density at radius 2 is 2.05 bits per heavy atom. The third-order valence-electron chi connectivity index (χ3n) is 2.52. The quantitative estimate of drug-likeness (QED) is 0.657. The molecule has 2 rings (SSSR count). The van der Waals surface area contributed by atoms with Gasteiger partial charge in [-0.15, -0.1) is 0 Å². The zero-order valence-corrected chi connectivity index (χ0v) is 10.9. The van der Waals surface area contributed by atoms with Crippen molar-refractivity contribution in [3.05, 3.63) is 46.1 Å². The van der Waals surface area contributed by atoms with Crippen LogP contribution in [0.2, 0.25) is 0 Å². The van der Waals surface area contributed by atoms with Gasteiger partial charge in [-0.25, -0.2) is 4.79 Å². The Hall–Kier alpha value is -3.41. The van der Waals surface area contributed by atoms with Crippen LogP contribution < -0.4 is 10.6 Å². The fourth-order valence-corrected chi connectivity index (χ4v) is 1.60. The lowest BCUT2D eigenvalue weighted by atomic mass is 10.3. The number of nitro benzene ring substituents is 1. The number of anilines is 2. The first-order valence-electron chi connectivity index (χ1n) is 5.76. The fraction of sp³-hybridized carbons (Fsp3) is 0.0833. The second-order valence-corrected chi connectivity index (χ2v) is 4.06. The highest BCUT2D eigenvalue weighted by Crippen LogP contribution is 2.16. The van der Waals surface area contributed by atoms with Crippen molar-refractivity contribution in [2.24, 2.45) is 7.05 Å². The van der Waals surface area contributed by atoms with Crippen molar-refractivity contribution in [3.63, 3.8) is 0 Å². The third-order valence-corrected chi connectivity index (χ3v) is 2.52. The van der Waals surface area contributed by atoms with Gasteiger partial charge in [0.1, 0.15) is 11.6 Å². The van der Waals surface area contributed by atoms with Gasteiger partial charge in [-0.2, -0.15) is 10.4 Å². The molecule has 0 bridgehead atoms. The summed E-state index contributed by atoms with van der Waals surface area (Å²) in [5.74, 6) is 0.138. The second kappa shape index (κ2) is 5.70. The lowest BCUT2D eigenvalue weighted by Crippen LogP contribution is -2.20. The minimum Gasteiger partial charge on any atom is -0.308 e. The molecule has 106 valence electrons. The second-order valence-electron chi connectivity index (χ2n) is 4.06. The third kappa shape index (κ3) is 3.32. The maximum Gasteiger partial charge on any atom is 0.324 e. The van der Waals surface area contributed by atoms with Crippen LogP contribution in [0.5, 0.6) is 0 Å². The number of nitriles is 1. The zero-order chi connectivity index (χ0) is 15.4. The van der Waals surface area contributed by atoms with Gasteiger partial charge in [-0.05, 0) is 12.1 Å². The molecule has 0 aliphatic carbocycles. The standard InChI is InChI=1S/C12H10N6O3/c1-17-7-8(6-13)11(16-17)15-12(19)14-9-2-4-10(5-3-9)18(20)21/h2-5,7H,1H3,(H2,14,15,16,19). The van der Waals surface area contributed by atoms with Gasteiger partial charge < -0.3 is 5.32 Å². The number of hydrogen-bond acceptors (Lipinski definition) is 5. The molecule has 1 aromatic carbocycles. The average Bonchev–Trinajstić information content (AvgIpc) is 2.79. The first kappa shape index (κ1) is 14.0. The van der Waals surface area contributed by atoms with Crippen LogP contribution >= 0.6 is 0 Å². The summed E-state index contributed by atoms with van der Waals surface area (Å²) < 4.78 is 1.40. The molecular formula is C12H10N6O3. The van der Waals surface area contributed by atoms with Gasteiger partial charge >= 0.3 is 6.03 Å². The number of benzene rings is 1. The minimum absolute atomic E-state index is 0.0718. The van der Waals surface area contributed by atoms with Gasteiger partial charge in [0.25, 0.3) is 5.69 Å². The molecule has 9 nitrogen and oxygen atoms in total. The smallest absolute Gasteiger partial charge is 0.308 e. The SMILES string of the molecule is Cn1cc(C#N)c(NC(=O)Nc2ccc([N+](=O)[O-])cc2)n1. The van der Waals surface area contributed by atoms with E-state index in [1.165, 1.54) is 35.1 Å². The van der Waals surface area contributed by atoms with E-state index in [1.807, 2.05) is 6.07 Å². The van der Waals surface area contributed by atoms with Crippen LogP contribution in [0.15, 0.2) is 30.5 Å². The number of nitrogens with zero attached hydrogens (tertiary/aromatic N) is 4. The molecule has 0 atom stereocenters. The number of urea groups is 1. The van der Waals surface area contributed by atoms with Gasteiger partial charge in [-0.1, -0.05) is 0 Å². The molecule has 0 aliphatic rings. The van der Waals surface area contributed by atoms with Crippen LogP contribution in [-0.2, 0) is 7.05 Å². The number of amides is 2. The van der Waals surface area contributed by atoms with E-state index < -0.39 is 11.0 Å². The minimum atomic E-state index is -0.598. The predicted octanol–water partition coefficient (Wildman–Crippen LogP) is 1.84. The van der Waals surface area contributed by atoms with Crippen molar-refractivity contribution >= 4 is 23.2 Å². The topological polar surface area (TPSA) is 126 Å². The number of hydrogen-bond donors (Lipinski definition) is 2. The van der Waals surface area contributed by atoms with Crippen LogP contribution in [0.25, 0.3) is 0 Å². The largest absolute Gasteiger partial charge is 0.324 e. The van der Waals surface area contributed by atoms with E-state index in [1.54, 1.807) is 7.05 Å². The Bertz CT molecular complexity index is 728. The Kier molecular flexibility index (Phi) is 3.80. The van der Waals surface area contributed by atoms with Crippen LogP contribution in [0.1, 0.15) is 5.56 Å². The van der Waals surface area contributed by atoms with E-state index in [2.05, 4.69) is 15.7 Å². The van der Waals surface area contributed by atoms with Gasteiger partial charge in [0, 0.05) is 31.1 Å². The van der Waals surface area contributed by atoms with Crippen molar-refractivity contribution in [2.45, 2.75) is 0 Å². The number of carbonyl (C=O) groups excluding carboxylic acids is 1. The number of aryl methyl sites for hydroxylation is 1. The molecule has 2 amide bonds. The summed E-state index contributed by atoms with van der Waals surface area (Å²) in [6, 6.07) is 6.66. The summed E-state index contributed by atoms with van der Waals surface area (Å²) in [5, 5.41) is 28.2. The van der Waals surface area contributed by atoms with E-state index >= 15 is 0 Å². The van der Waals surface area contributed by atoms with Gasteiger partial charge in [-0.3, -0.25) is 20.1 Å². The lowest BCUT2D eigenvalue weighted by molar-refractivity contribution is -0.384. The highest BCUT2D eigenvalue weighted by atomic mass is 16.6. The molecule has 0 fully saturated rings. The fourth-order valence-electron chi connectivity index (χ4n) is 1.60. The normalized spacial score (nSPS) is 9.71. The van der Waals surface area contributed by atoms with Crippen molar-refractivity contribution in [2.75, 3.05) is 10.6 Å². The van der Waals surface area contributed by atoms with E-state index in [4.69, 9.17) is 5.26 Å². The zero-order valence-electron chi connectivity index (χ0n) is 10.9. The molecular weight excluding hydrogens is 276 g/mol. The summed E-state index contributed by atoms with van der Waals surface area (Å²) in [4.78, 5) is 21.7. The van der Waals surface area contributed by atoms with E-state index in [0.717, 1.165) is 0 Å². The molecule has 0 aliphatic heterocycles. The Balaban J connectivity index is 2.04. The molecule has 0 spiro atoms. The molecule has 0 unspecified atom stereocenters. The van der Waals surface area contributed by atoms with Crippen molar-refractivity contribution < 1.29 is 9.72 Å². The maximum atomic E-state index is 11.8. The summed E-state index contributed by atoms with van der Waals surface area (Å²) in [6.45, 7) is 0. The van der Waals surface area contributed by atoms with Crippen molar-refractivity contribution in [1.29, 1.82) is 5.26 Å². The molecule has 0 radical (unpaired) electrons. The Morgan fingerprint density at radius 1 is 1.38 bits per heavy atom. The summed E-state index contributed by atoms with van der Waals surface area (Å²) in [7, 11) is 1.63. The highest BCUT2D eigenvalue weighted by Gasteiger charge is 2.11. The predicted molar refractivity (Wildman–Crippen MR) is 73.7 cm³/mol. The number of aromatic nitrogens is 2. The molecule has 1 aromatic heterocycles. The Morgan fingerprint density at radius 3 is 2.62 bits per heavy atom. The molecule has 1 heterocycles. The molecule has 2 aromatic rings. The van der Waals surface area contributed by atoms with Crippen LogP contribution in [0, 0.1) is 21.4 Å². The average molecular weight is 286 g/mol. The van der Waals surface area contributed by atoms with E-state index in [-0.39, 0.29) is 17.1 Å². The van der Waals surface area contributed by atoms with Crippen LogP contribution in [-0.4, -0.2) is 20.7 Å². The summed E-state index contributed by atoms with van der Waals surface area (Å²) in [5.41, 5.74) is 0.543. The number of rotatable bonds is 3. The van der Waals surface area contributed by atoms with E-state index in [9.17, 15) is 14.9 Å². The number of nitro groups is 1. The van der Waals surface area contributed by atoms with Gasteiger partial charge in [0.2, 0.25) is 0 Å². The van der Waals surface area contributed by atoms with Crippen molar-refractivity contribution in [1.82, 2.24) is 9.78 Å². The molecule has 2 N–H and O–H groups in total.